The molecule has 1 aromatic heterocycles. The van der Waals surface area contributed by atoms with Crippen LogP contribution in [0.4, 0.5) is 13.2 Å². The van der Waals surface area contributed by atoms with Gasteiger partial charge in [-0.15, -0.1) is 0 Å². The molecular formula is C37H43F3N4O6. The minimum atomic E-state index is -5.09. The zero-order valence-electron chi connectivity index (χ0n) is 28.2. The summed E-state index contributed by atoms with van der Waals surface area (Å²) in [5, 5.41) is 14.6. The van der Waals surface area contributed by atoms with Gasteiger partial charge in [0.25, 0.3) is 0 Å². The number of rotatable bonds is 18. The molecule has 5 atom stereocenters. The molecule has 3 amide bonds. The molecule has 0 saturated carbocycles. The highest BCUT2D eigenvalue weighted by Gasteiger charge is 2.44. The maximum Gasteiger partial charge on any atom is 0.416 e. The summed E-state index contributed by atoms with van der Waals surface area (Å²) in [6.07, 6.45) is -8.25. The summed E-state index contributed by atoms with van der Waals surface area (Å²) in [6, 6.07) is 18.6. The third-order valence-corrected chi connectivity index (χ3v) is 8.39. The summed E-state index contributed by atoms with van der Waals surface area (Å²) in [4.78, 5) is 69.1. The minimum absolute atomic E-state index is 0.0530. The predicted molar refractivity (Wildman–Crippen MR) is 180 cm³/mol. The number of Topliss-reactive ketones (excluding diaryl/α,β-unsaturated/α-hetero) is 2. The molecule has 268 valence electrons. The normalized spacial score (nSPS) is 14.6. The van der Waals surface area contributed by atoms with Crippen molar-refractivity contribution >= 4 is 29.3 Å². The number of aliphatic hydroxyl groups excluding tert-OH is 1. The molecule has 5 N–H and O–H groups in total. The van der Waals surface area contributed by atoms with E-state index >= 15 is 0 Å². The number of amides is 3. The molecule has 0 aliphatic rings. The lowest BCUT2D eigenvalue weighted by Gasteiger charge is -2.27. The number of primary amides is 1. The molecule has 50 heavy (non-hydrogen) atoms. The summed E-state index contributed by atoms with van der Waals surface area (Å²) in [6.45, 7) is 4.88. The molecule has 3 rings (SSSR count). The Morgan fingerprint density at radius 2 is 1.46 bits per heavy atom. The Kier molecular flexibility index (Phi) is 14.4. The van der Waals surface area contributed by atoms with Crippen LogP contribution >= 0.6 is 0 Å². The Morgan fingerprint density at radius 1 is 0.840 bits per heavy atom. The molecule has 0 bridgehead atoms. The van der Waals surface area contributed by atoms with Gasteiger partial charge < -0.3 is 21.5 Å². The molecule has 3 aromatic rings. The highest BCUT2D eigenvalue weighted by atomic mass is 19.4. The van der Waals surface area contributed by atoms with E-state index in [0.717, 1.165) is 5.56 Å². The number of alkyl halides is 3. The second-order valence-corrected chi connectivity index (χ2v) is 12.7. The predicted octanol–water partition coefficient (Wildman–Crippen LogP) is 4.59. The van der Waals surface area contributed by atoms with Crippen LogP contribution in [0, 0.1) is 17.8 Å². The molecule has 10 nitrogen and oxygen atoms in total. The van der Waals surface area contributed by atoms with Crippen LogP contribution in [0.3, 0.4) is 0 Å². The number of nitrogens with two attached hydrogens (primary N) is 1. The van der Waals surface area contributed by atoms with Gasteiger partial charge in [0.05, 0.1) is 17.8 Å². The molecule has 0 aliphatic carbocycles. The monoisotopic (exact) mass is 696 g/mol. The van der Waals surface area contributed by atoms with Crippen molar-refractivity contribution in [2.45, 2.75) is 77.2 Å². The average Bonchev–Trinajstić information content (AvgIpc) is 3.08. The summed E-state index contributed by atoms with van der Waals surface area (Å²) in [5.41, 5.74) is 7.64. The molecule has 0 fully saturated rings. The van der Waals surface area contributed by atoms with Gasteiger partial charge in [0.1, 0.15) is 0 Å². The minimum Gasteiger partial charge on any atom is -0.382 e. The SMILES string of the molecule is CC(C)[C@H](CC(=O)c1ccc(-c2ccccc2)nc1)C(=O)N[C@@H](Cc1ccccc1)C(=O)C[C@@H](C)C(=O)NC(CCC(N)=O)C(O)C(F)(F)F. The van der Waals surface area contributed by atoms with Crippen LogP contribution in [0.15, 0.2) is 79.0 Å². The molecule has 0 radical (unpaired) electrons. The van der Waals surface area contributed by atoms with Gasteiger partial charge in [-0.05, 0) is 36.5 Å². The van der Waals surface area contributed by atoms with E-state index < -0.39 is 79.0 Å². The number of carbonyl (C=O) groups is 5. The number of nitrogens with zero attached hydrogens (tertiary/aromatic N) is 1. The van der Waals surface area contributed by atoms with Gasteiger partial charge in [-0.25, -0.2) is 0 Å². The van der Waals surface area contributed by atoms with E-state index in [-0.39, 0.29) is 24.5 Å². The van der Waals surface area contributed by atoms with Crippen molar-refractivity contribution in [1.82, 2.24) is 15.6 Å². The number of aliphatic hydroxyl groups is 1. The third kappa shape index (κ3) is 11.9. The maximum atomic E-state index is 13.7. The van der Waals surface area contributed by atoms with E-state index in [0.29, 0.717) is 16.8 Å². The van der Waals surface area contributed by atoms with Gasteiger partial charge in [-0.2, -0.15) is 13.2 Å². The molecule has 2 aromatic carbocycles. The van der Waals surface area contributed by atoms with Crippen molar-refractivity contribution in [3.05, 3.63) is 90.1 Å². The van der Waals surface area contributed by atoms with Crippen molar-refractivity contribution in [1.29, 1.82) is 0 Å². The summed E-state index contributed by atoms with van der Waals surface area (Å²) in [7, 11) is 0. The number of hydrogen-bond acceptors (Lipinski definition) is 7. The van der Waals surface area contributed by atoms with Gasteiger partial charge in [0.15, 0.2) is 17.7 Å². The first-order valence-electron chi connectivity index (χ1n) is 16.3. The van der Waals surface area contributed by atoms with Gasteiger partial charge in [-0.3, -0.25) is 29.0 Å². The quantitative estimate of drug-likeness (QED) is 0.141. The average molecular weight is 697 g/mol. The van der Waals surface area contributed by atoms with E-state index in [4.69, 9.17) is 5.73 Å². The van der Waals surface area contributed by atoms with Crippen molar-refractivity contribution < 1.29 is 42.3 Å². The second-order valence-electron chi connectivity index (χ2n) is 12.7. The number of hydrogen-bond donors (Lipinski definition) is 4. The number of carbonyl (C=O) groups excluding carboxylic acids is 5. The van der Waals surface area contributed by atoms with E-state index in [1.165, 1.54) is 13.1 Å². The van der Waals surface area contributed by atoms with Crippen LogP contribution in [0.25, 0.3) is 11.3 Å². The van der Waals surface area contributed by atoms with E-state index in [9.17, 15) is 42.3 Å². The van der Waals surface area contributed by atoms with Gasteiger partial charge >= 0.3 is 6.18 Å². The van der Waals surface area contributed by atoms with Crippen molar-refractivity contribution in [2.24, 2.45) is 23.5 Å². The number of aromatic nitrogens is 1. The Labute approximate surface area is 289 Å². The standard InChI is InChI=1S/C37H43F3N4O6/c1-22(2)27(20-31(45)26-14-15-28(42-21-26)25-12-8-5-9-13-25)36(50)44-30(19-24-10-6-4-7-11-24)32(46)18-23(3)35(49)43-29(16-17-33(41)47)34(48)37(38,39)40/h4-15,21-23,27,29-30,34,48H,16-20H2,1-3H3,(H2,41,47)(H,43,49)(H,44,50)/t23-,27+,29?,30+,34?/m1/s1. The fourth-order valence-corrected chi connectivity index (χ4v) is 5.36. The Morgan fingerprint density at radius 3 is 2.00 bits per heavy atom. The first kappa shape index (κ1) is 39.5. The lowest BCUT2D eigenvalue weighted by atomic mass is 9.87. The van der Waals surface area contributed by atoms with Crippen molar-refractivity contribution in [3.8, 4) is 11.3 Å². The van der Waals surface area contributed by atoms with E-state index in [1.807, 2.05) is 30.3 Å². The zero-order chi connectivity index (χ0) is 37.0. The first-order valence-corrected chi connectivity index (χ1v) is 16.3. The third-order valence-electron chi connectivity index (χ3n) is 8.39. The van der Waals surface area contributed by atoms with Crippen molar-refractivity contribution in [3.63, 3.8) is 0 Å². The summed E-state index contributed by atoms with van der Waals surface area (Å²) >= 11 is 0. The fourth-order valence-electron chi connectivity index (χ4n) is 5.36. The number of ketones is 2. The van der Waals surface area contributed by atoms with Crippen LogP contribution in [0.5, 0.6) is 0 Å². The Balaban J connectivity index is 1.74. The number of pyridine rings is 1. The van der Waals surface area contributed by atoms with Crippen LogP contribution in [-0.4, -0.2) is 63.7 Å². The molecule has 2 unspecified atom stereocenters. The number of halogens is 3. The van der Waals surface area contributed by atoms with Crippen LogP contribution in [0.1, 0.15) is 62.4 Å². The number of nitrogens with one attached hydrogen (secondary N) is 2. The van der Waals surface area contributed by atoms with Gasteiger partial charge in [-0.1, -0.05) is 81.4 Å². The summed E-state index contributed by atoms with van der Waals surface area (Å²) < 4.78 is 39.8. The lowest BCUT2D eigenvalue weighted by Crippen LogP contribution is -2.52. The largest absolute Gasteiger partial charge is 0.416 e. The maximum absolute atomic E-state index is 13.7. The molecule has 13 heteroatoms. The Hall–Kier alpha value is -4.91. The van der Waals surface area contributed by atoms with Crippen LogP contribution in [-0.2, 0) is 25.6 Å². The highest BCUT2D eigenvalue weighted by Crippen LogP contribution is 2.25. The molecule has 1 heterocycles. The second kappa shape index (κ2) is 18.2. The topological polar surface area (TPSA) is 169 Å². The number of benzene rings is 2. The van der Waals surface area contributed by atoms with Gasteiger partial charge in [0.2, 0.25) is 17.7 Å². The van der Waals surface area contributed by atoms with E-state index in [1.54, 1.807) is 56.3 Å². The first-order chi connectivity index (χ1) is 23.6. The molecule has 0 saturated heterocycles. The Bertz CT molecular complexity index is 1600. The lowest BCUT2D eigenvalue weighted by molar-refractivity contribution is -0.213. The summed E-state index contributed by atoms with van der Waals surface area (Å²) in [5.74, 6) is -5.59. The van der Waals surface area contributed by atoms with Crippen LogP contribution in [0.2, 0.25) is 0 Å². The van der Waals surface area contributed by atoms with E-state index in [2.05, 4.69) is 15.6 Å². The molecule has 0 aliphatic heterocycles. The zero-order valence-corrected chi connectivity index (χ0v) is 28.2. The molecular weight excluding hydrogens is 653 g/mol. The van der Waals surface area contributed by atoms with Gasteiger partial charge in [0, 0.05) is 48.4 Å². The molecule has 0 spiro atoms. The van der Waals surface area contributed by atoms with Crippen LogP contribution < -0.4 is 16.4 Å². The smallest absolute Gasteiger partial charge is 0.382 e. The fraction of sp³-hybridized carbons (Fsp3) is 0.405. The highest BCUT2D eigenvalue weighted by molar-refractivity contribution is 5.99. The van der Waals surface area contributed by atoms with Crippen molar-refractivity contribution in [2.75, 3.05) is 0 Å².